The Morgan fingerprint density at radius 2 is 2.12 bits per heavy atom. The number of methoxy groups -OCH3 is 1. The van der Waals surface area contributed by atoms with E-state index >= 15 is 0 Å². The smallest absolute Gasteiger partial charge is 0.137 e. The van der Waals surface area contributed by atoms with E-state index in [2.05, 4.69) is 20.9 Å². The van der Waals surface area contributed by atoms with Gasteiger partial charge in [0.2, 0.25) is 0 Å². The highest BCUT2D eigenvalue weighted by atomic mass is 79.9. The molecule has 1 heterocycles. The lowest BCUT2D eigenvalue weighted by Crippen LogP contribution is -1.93. The number of anilines is 1. The van der Waals surface area contributed by atoms with Crippen molar-refractivity contribution in [1.82, 2.24) is 4.98 Å². The van der Waals surface area contributed by atoms with E-state index in [0.29, 0.717) is 27.2 Å². The number of rotatable bonds is 2. The van der Waals surface area contributed by atoms with Gasteiger partial charge in [0.25, 0.3) is 0 Å². The van der Waals surface area contributed by atoms with Gasteiger partial charge in [-0.15, -0.1) is 0 Å². The second-order valence-corrected chi connectivity index (χ2v) is 4.29. The average Bonchev–Trinajstić information content (AvgIpc) is 2.33. The number of nitrogens with two attached hydrogens (primary N) is 1. The van der Waals surface area contributed by atoms with Gasteiger partial charge in [-0.3, -0.25) is 0 Å². The number of ether oxygens (including phenoxy) is 1. The summed E-state index contributed by atoms with van der Waals surface area (Å²) in [6, 6.07) is 6.27. The fraction of sp³-hybridized carbons (Fsp3) is 0.0833. The van der Waals surface area contributed by atoms with Crippen LogP contribution in [0.25, 0.3) is 11.1 Å². The van der Waals surface area contributed by atoms with Gasteiger partial charge in [-0.1, -0.05) is 0 Å². The van der Waals surface area contributed by atoms with Crippen molar-refractivity contribution in [1.29, 1.82) is 0 Å². The summed E-state index contributed by atoms with van der Waals surface area (Å²) < 4.78 is 19.4. The molecule has 0 bridgehead atoms. The maximum atomic E-state index is 13.7. The summed E-state index contributed by atoms with van der Waals surface area (Å²) in [7, 11) is 1.54. The van der Waals surface area contributed by atoms with Crippen LogP contribution < -0.4 is 10.5 Å². The van der Waals surface area contributed by atoms with Gasteiger partial charge in [0.15, 0.2) is 0 Å². The molecular formula is C12H10BrFN2O. The fourth-order valence-corrected chi connectivity index (χ4v) is 1.80. The van der Waals surface area contributed by atoms with E-state index in [1.165, 1.54) is 19.4 Å². The molecule has 3 nitrogen and oxygen atoms in total. The summed E-state index contributed by atoms with van der Waals surface area (Å²) >= 11 is 3.26. The first-order valence-corrected chi connectivity index (χ1v) is 5.66. The van der Waals surface area contributed by atoms with Gasteiger partial charge in [-0.2, -0.15) is 0 Å². The van der Waals surface area contributed by atoms with Crippen LogP contribution in [0.3, 0.4) is 0 Å². The number of pyridine rings is 1. The summed E-state index contributed by atoms with van der Waals surface area (Å²) in [5, 5.41) is 0. The third kappa shape index (κ3) is 2.39. The predicted molar refractivity (Wildman–Crippen MR) is 68.3 cm³/mol. The van der Waals surface area contributed by atoms with Crippen molar-refractivity contribution in [2.45, 2.75) is 0 Å². The van der Waals surface area contributed by atoms with Crippen LogP contribution >= 0.6 is 15.9 Å². The summed E-state index contributed by atoms with van der Waals surface area (Å²) in [5.74, 6) is 0.635. The molecule has 0 aliphatic carbocycles. The molecule has 0 atom stereocenters. The Kier molecular flexibility index (Phi) is 3.28. The second-order valence-electron chi connectivity index (χ2n) is 3.44. The van der Waals surface area contributed by atoms with Gasteiger partial charge in [-0.05, 0) is 40.2 Å². The summed E-state index contributed by atoms with van der Waals surface area (Å²) in [5.41, 5.74) is 6.65. The molecule has 0 aliphatic rings. The molecule has 88 valence electrons. The van der Waals surface area contributed by atoms with E-state index in [1.54, 1.807) is 18.2 Å². The molecule has 17 heavy (non-hydrogen) atoms. The highest BCUT2D eigenvalue weighted by Crippen LogP contribution is 2.29. The molecule has 2 aromatic rings. The summed E-state index contributed by atoms with van der Waals surface area (Å²) in [4.78, 5) is 3.98. The van der Waals surface area contributed by atoms with E-state index in [-0.39, 0.29) is 5.82 Å². The minimum atomic E-state index is -0.329. The topological polar surface area (TPSA) is 48.1 Å². The zero-order valence-electron chi connectivity index (χ0n) is 9.08. The van der Waals surface area contributed by atoms with E-state index in [4.69, 9.17) is 10.5 Å². The minimum absolute atomic E-state index is 0.329. The number of hydrogen-bond donors (Lipinski definition) is 1. The molecule has 1 aromatic heterocycles. The zero-order valence-corrected chi connectivity index (χ0v) is 10.7. The van der Waals surface area contributed by atoms with Crippen molar-refractivity contribution < 1.29 is 9.13 Å². The first kappa shape index (κ1) is 11.9. The molecule has 0 saturated heterocycles. The van der Waals surface area contributed by atoms with Gasteiger partial charge >= 0.3 is 0 Å². The van der Waals surface area contributed by atoms with Crippen LogP contribution in [0, 0.1) is 5.82 Å². The van der Waals surface area contributed by atoms with Crippen LogP contribution in [-0.4, -0.2) is 12.1 Å². The van der Waals surface area contributed by atoms with Gasteiger partial charge in [0, 0.05) is 17.3 Å². The lowest BCUT2D eigenvalue weighted by atomic mass is 10.1. The largest absolute Gasteiger partial charge is 0.497 e. The van der Waals surface area contributed by atoms with E-state index in [9.17, 15) is 4.39 Å². The first-order chi connectivity index (χ1) is 8.11. The molecule has 0 spiro atoms. The van der Waals surface area contributed by atoms with Crippen LogP contribution in [0.5, 0.6) is 5.75 Å². The van der Waals surface area contributed by atoms with Crippen LogP contribution in [-0.2, 0) is 0 Å². The number of nitrogens with zero attached hydrogens (tertiary/aromatic N) is 1. The molecule has 0 radical (unpaired) electrons. The molecule has 0 fully saturated rings. The van der Waals surface area contributed by atoms with Crippen LogP contribution in [0.1, 0.15) is 0 Å². The Balaban J connectivity index is 2.55. The van der Waals surface area contributed by atoms with Gasteiger partial charge in [-0.25, -0.2) is 9.37 Å². The minimum Gasteiger partial charge on any atom is -0.497 e. The SMILES string of the molecule is COc1ccc(F)c(-c2cnc(N)c(Br)c2)c1. The monoisotopic (exact) mass is 296 g/mol. The van der Waals surface area contributed by atoms with Crippen molar-refractivity contribution in [3.8, 4) is 16.9 Å². The predicted octanol–water partition coefficient (Wildman–Crippen LogP) is 3.24. The summed E-state index contributed by atoms with van der Waals surface area (Å²) in [6.07, 6.45) is 1.53. The van der Waals surface area contributed by atoms with Crippen molar-refractivity contribution in [3.63, 3.8) is 0 Å². The number of benzene rings is 1. The first-order valence-electron chi connectivity index (χ1n) is 4.86. The van der Waals surface area contributed by atoms with Crippen molar-refractivity contribution in [2.75, 3.05) is 12.8 Å². The Morgan fingerprint density at radius 3 is 2.76 bits per heavy atom. The van der Waals surface area contributed by atoms with Crippen molar-refractivity contribution >= 4 is 21.7 Å². The molecule has 2 N–H and O–H groups in total. The average molecular weight is 297 g/mol. The lowest BCUT2D eigenvalue weighted by molar-refractivity contribution is 0.414. The Labute approximate surface area is 107 Å². The van der Waals surface area contributed by atoms with E-state index in [0.717, 1.165) is 0 Å². The van der Waals surface area contributed by atoms with Gasteiger partial charge in [0.1, 0.15) is 17.4 Å². The van der Waals surface area contributed by atoms with Crippen molar-refractivity contribution in [3.05, 3.63) is 40.8 Å². The number of nitrogen functional groups attached to an aromatic ring is 1. The number of halogens is 2. The maximum Gasteiger partial charge on any atom is 0.137 e. The zero-order chi connectivity index (χ0) is 12.4. The lowest BCUT2D eigenvalue weighted by Gasteiger charge is -2.07. The number of hydrogen-bond acceptors (Lipinski definition) is 3. The molecule has 0 amide bonds. The Bertz CT molecular complexity index is 560. The third-order valence-corrected chi connectivity index (χ3v) is 2.99. The van der Waals surface area contributed by atoms with Crippen molar-refractivity contribution in [2.24, 2.45) is 0 Å². The molecule has 1 aromatic carbocycles. The van der Waals surface area contributed by atoms with E-state index < -0.39 is 0 Å². The quantitative estimate of drug-likeness (QED) is 0.925. The van der Waals surface area contributed by atoms with Gasteiger partial charge < -0.3 is 10.5 Å². The standard InChI is InChI=1S/C12H10BrFN2O/c1-17-8-2-3-11(14)9(5-8)7-4-10(13)12(15)16-6-7/h2-6H,1H3,(H2,15,16). The third-order valence-electron chi connectivity index (χ3n) is 2.35. The van der Waals surface area contributed by atoms with Crippen LogP contribution in [0.4, 0.5) is 10.2 Å². The second kappa shape index (κ2) is 4.71. The maximum absolute atomic E-state index is 13.7. The van der Waals surface area contributed by atoms with Crippen LogP contribution in [0.2, 0.25) is 0 Å². The highest BCUT2D eigenvalue weighted by molar-refractivity contribution is 9.10. The molecular weight excluding hydrogens is 287 g/mol. The van der Waals surface area contributed by atoms with E-state index in [1.807, 2.05) is 0 Å². The normalized spacial score (nSPS) is 10.3. The Morgan fingerprint density at radius 1 is 1.35 bits per heavy atom. The fourth-order valence-electron chi connectivity index (χ4n) is 1.45. The summed E-state index contributed by atoms with van der Waals surface area (Å²) in [6.45, 7) is 0. The van der Waals surface area contributed by atoms with Gasteiger partial charge in [0.05, 0.1) is 11.6 Å². The number of aromatic nitrogens is 1. The van der Waals surface area contributed by atoms with Crippen LogP contribution in [0.15, 0.2) is 34.9 Å². The molecule has 0 saturated carbocycles. The molecule has 0 aliphatic heterocycles. The molecule has 5 heteroatoms. The molecule has 2 rings (SSSR count). The highest BCUT2D eigenvalue weighted by Gasteiger charge is 2.08. The Hall–Kier alpha value is -1.62. The molecule has 0 unspecified atom stereocenters.